The van der Waals surface area contributed by atoms with Gasteiger partial charge in [-0.2, -0.15) is 0 Å². The van der Waals surface area contributed by atoms with Gasteiger partial charge in [0.15, 0.2) is 5.78 Å². The van der Waals surface area contributed by atoms with Crippen molar-refractivity contribution in [2.75, 3.05) is 0 Å². The van der Waals surface area contributed by atoms with Gasteiger partial charge in [-0.15, -0.1) is 0 Å². The van der Waals surface area contributed by atoms with E-state index in [2.05, 4.69) is 12.1 Å². The normalized spacial score (nSPS) is 17.3. The van der Waals surface area contributed by atoms with Crippen LogP contribution in [0.2, 0.25) is 5.02 Å². The largest absolute Gasteiger partial charge is 0.293 e. The molecule has 0 heterocycles. The highest BCUT2D eigenvalue weighted by Gasteiger charge is 2.28. The van der Waals surface area contributed by atoms with Crippen LogP contribution in [0, 0.1) is 6.92 Å². The van der Waals surface area contributed by atoms with Gasteiger partial charge in [-0.3, -0.25) is 4.79 Å². The van der Waals surface area contributed by atoms with Crippen molar-refractivity contribution in [3.63, 3.8) is 0 Å². The second-order valence-corrected chi connectivity index (χ2v) is 5.53. The van der Waals surface area contributed by atoms with Crippen molar-refractivity contribution in [3.05, 3.63) is 69.7 Å². The molecule has 0 amide bonds. The minimum Gasteiger partial charge on any atom is -0.293 e. The van der Waals surface area contributed by atoms with Gasteiger partial charge in [0.2, 0.25) is 0 Å². The Morgan fingerprint density at radius 1 is 1.21 bits per heavy atom. The Balaban J connectivity index is 1.95. The molecule has 0 radical (unpaired) electrons. The van der Waals surface area contributed by atoms with Crippen molar-refractivity contribution in [1.29, 1.82) is 0 Å². The van der Waals surface area contributed by atoms with Gasteiger partial charge in [0, 0.05) is 16.5 Å². The molecule has 2 heteroatoms. The highest BCUT2D eigenvalue weighted by atomic mass is 35.5. The standard InChI is InChI=1S/C17H15ClO/c1-11-6-7-13(10-16(11)18)17(19)15-9-8-12-4-2-3-5-14(12)15/h2-7,10,15H,8-9H2,1H3. The number of Topliss-reactive ketones (excluding diaryl/α,β-unsaturated/α-hetero) is 1. The molecule has 0 N–H and O–H groups in total. The highest BCUT2D eigenvalue weighted by molar-refractivity contribution is 6.31. The zero-order valence-corrected chi connectivity index (χ0v) is 11.6. The smallest absolute Gasteiger partial charge is 0.170 e. The summed E-state index contributed by atoms with van der Waals surface area (Å²) >= 11 is 6.11. The SMILES string of the molecule is Cc1ccc(C(=O)C2CCc3ccccc32)cc1Cl. The summed E-state index contributed by atoms with van der Waals surface area (Å²) < 4.78 is 0. The Labute approximate surface area is 118 Å². The van der Waals surface area contributed by atoms with Crippen LogP contribution in [0.1, 0.15) is 39.4 Å². The van der Waals surface area contributed by atoms with Gasteiger partial charge in [0.05, 0.1) is 0 Å². The van der Waals surface area contributed by atoms with Crippen LogP contribution >= 0.6 is 11.6 Å². The third-order valence-corrected chi connectivity index (χ3v) is 4.31. The lowest BCUT2D eigenvalue weighted by atomic mass is 9.92. The molecule has 0 saturated carbocycles. The lowest BCUT2D eigenvalue weighted by molar-refractivity contribution is 0.0959. The zero-order valence-electron chi connectivity index (χ0n) is 10.8. The predicted molar refractivity (Wildman–Crippen MR) is 78.0 cm³/mol. The van der Waals surface area contributed by atoms with Crippen LogP contribution in [-0.2, 0) is 6.42 Å². The molecule has 2 aromatic rings. The van der Waals surface area contributed by atoms with Crippen LogP contribution in [0.15, 0.2) is 42.5 Å². The minimum atomic E-state index is -0.00465. The molecule has 2 aromatic carbocycles. The number of hydrogen-bond donors (Lipinski definition) is 0. The zero-order chi connectivity index (χ0) is 13.4. The van der Waals surface area contributed by atoms with Gasteiger partial charge in [0.25, 0.3) is 0 Å². The fraction of sp³-hybridized carbons (Fsp3) is 0.235. The first kappa shape index (κ1) is 12.4. The summed E-state index contributed by atoms with van der Waals surface area (Å²) in [5.41, 5.74) is 4.21. The summed E-state index contributed by atoms with van der Waals surface area (Å²) in [7, 11) is 0. The number of carbonyl (C=O) groups is 1. The maximum Gasteiger partial charge on any atom is 0.170 e. The molecule has 0 bridgehead atoms. The van der Waals surface area contributed by atoms with E-state index in [0.29, 0.717) is 5.02 Å². The minimum absolute atomic E-state index is 0.00465. The third-order valence-electron chi connectivity index (χ3n) is 3.91. The fourth-order valence-electron chi connectivity index (χ4n) is 2.78. The van der Waals surface area contributed by atoms with Crippen molar-refractivity contribution in [1.82, 2.24) is 0 Å². The quantitative estimate of drug-likeness (QED) is 0.731. The van der Waals surface area contributed by atoms with Crippen LogP contribution in [-0.4, -0.2) is 5.78 Å². The monoisotopic (exact) mass is 270 g/mol. The van der Waals surface area contributed by atoms with Crippen LogP contribution < -0.4 is 0 Å². The number of hydrogen-bond acceptors (Lipinski definition) is 1. The second kappa shape index (κ2) is 4.82. The molecule has 0 aliphatic heterocycles. The van der Waals surface area contributed by atoms with Crippen LogP contribution in [0.4, 0.5) is 0 Å². The molecule has 96 valence electrons. The Hall–Kier alpha value is -1.60. The van der Waals surface area contributed by atoms with E-state index in [1.807, 2.05) is 31.2 Å². The maximum atomic E-state index is 12.6. The third kappa shape index (κ3) is 2.19. The molecule has 0 spiro atoms. The van der Waals surface area contributed by atoms with Crippen molar-refractivity contribution >= 4 is 17.4 Å². The van der Waals surface area contributed by atoms with Crippen LogP contribution in [0.25, 0.3) is 0 Å². The van der Waals surface area contributed by atoms with Crippen molar-refractivity contribution < 1.29 is 4.79 Å². The number of fused-ring (bicyclic) bond motifs is 1. The molecule has 1 unspecified atom stereocenters. The Morgan fingerprint density at radius 3 is 2.79 bits per heavy atom. The molecule has 19 heavy (non-hydrogen) atoms. The molecule has 1 aliphatic carbocycles. The van der Waals surface area contributed by atoms with Crippen molar-refractivity contribution in [3.8, 4) is 0 Å². The molecular weight excluding hydrogens is 256 g/mol. The molecule has 1 atom stereocenters. The Kier molecular flexibility index (Phi) is 3.16. The first-order valence-electron chi connectivity index (χ1n) is 6.55. The first-order chi connectivity index (χ1) is 9.16. The van der Waals surface area contributed by atoms with E-state index in [9.17, 15) is 4.79 Å². The van der Waals surface area contributed by atoms with Gasteiger partial charge in [-0.1, -0.05) is 48.0 Å². The predicted octanol–water partition coefficient (Wildman–Crippen LogP) is 4.56. The number of aryl methyl sites for hydroxylation is 2. The topological polar surface area (TPSA) is 17.1 Å². The molecule has 1 aliphatic rings. The van der Waals surface area contributed by atoms with Crippen molar-refractivity contribution in [2.24, 2.45) is 0 Å². The Bertz CT molecular complexity index is 645. The molecule has 1 nitrogen and oxygen atoms in total. The average Bonchev–Trinajstić information content (AvgIpc) is 2.85. The summed E-state index contributed by atoms with van der Waals surface area (Å²) in [6.45, 7) is 1.95. The molecule has 0 saturated heterocycles. The van der Waals surface area contributed by atoms with E-state index >= 15 is 0 Å². The number of carbonyl (C=O) groups excluding carboxylic acids is 1. The average molecular weight is 271 g/mol. The first-order valence-corrected chi connectivity index (χ1v) is 6.93. The van der Waals surface area contributed by atoms with E-state index < -0.39 is 0 Å². The van der Waals surface area contributed by atoms with Gasteiger partial charge in [0.1, 0.15) is 0 Å². The van der Waals surface area contributed by atoms with E-state index in [4.69, 9.17) is 11.6 Å². The number of ketones is 1. The van der Waals surface area contributed by atoms with Crippen molar-refractivity contribution in [2.45, 2.75) is 25.7 Å². The van der Waals surface area contributed by atoms with Crippen LogP contribution in [0.5, 0.6) is 0 Å². The summed E-state index contributed by atoms with van der Waals surface area (Å²) in [5.74, 6) is 0.182. The molecule has 0 fully saturated rings. The Morgan fingerprint density at radius 2 is 2.00 bits per heavy atom. The van der Waals surface area contributed by atoms with Gasteiger partial charge < -0.3 is 0 Å². The summed E-state index contributed by atoms with van der Waals surface area (Å²) in [4.78, 5) is 12.6. The number of benzene rings is 2. The van der Waals surface area contributed by atoms with E-state index in [1.54, 1.807) is 6.07 Å². The number of halogens is 1. The van der Waals surface area contributed by atoms with E-state index in [1.165, 1.54) is 11.1 Å². The van der Waals surface area contributed by atoms with Gasteiger partial charge in [-0.05, 0) is 42.5 Å². The number of rotatable bonds is 2. The van der Waals surface area contributed by atoms with Gasteiger partial charge >= 0.3 is 0 Å². The fourth-order valence-corrected chi connectivity index (χ4v) is 2.96. The summed E-state index contributed by atoms with van der Waals surface area (Å²) in [6, 6.07) is 13.8. The second-order valence-electron chi connectivity index (χ2n) is 5.12. The van der Waals surface area contributed by atoms with E-state index in [0.717, 1.165) is 24.0 Å². The lowest BCUT2D eigenvalue weighted by Gasteiger charge is -2.11. The van der Waals surface area contributed by atoms with E-state index in [-0.39, 0.29) is 11.7 Å². The highest BCUT2D eigenvalue weighted by Crippen LogP contribution is 2.35. The van der Waals surface area contributed by atoms with Gasteiger partial charge in [-0.25, -0.2) is 0 Å². The molecule has 0 aromatic heterocycles. The molecule has 3 rings (SSSR count). The lowest BCUT2D eigenvalue weighted by Crippen LogP contribution is -2.10. The summed E-state index contributed by atoms with van der Waals surface area (Å²) in [5, 5.41) is 0.664. The maximum absolute atomic E-state index is 12.6. The molecular formula is C17H15ClO. The van der Waals surface area contributed by atoms with Crippen LogP contribution in [0.3, 0.4) is 0 Å². The summed E-state index contributed by atoms with van der Waals surface area (Å²) in [6.07, 6.45) is 1.90.